The molecule has 0 aliphatic heterocycles. The molecule has 0 bridgehead atoms. The highest BCUT2D eigenvalue weighted by Crippen LogP contribution is 2.01. The summed E-state index contributed by atoms with van der Waals surface area (Å²) in [5.41, 5.74) is 0.716. The molecular weight excluding hydrogens is 216 g/mol. The van der Waals surface area contributed by atoms with E-state index in [1.165, 1.54) is 0 Å². The van der Waals surface area contributed by atoms with Crippen molar-refractivity contribution in [3.8, 4) is 10.8 Å². The molecule has 0 saturated heterocycles. The number of ketones is 1. The average molecular weight is 223 g/mol. The summed E-state index contributed by atoms with van der Waals surface area (Å²) in [5, 5.41) is 0. The second kappa shape index (κ2) is 4.74. The van der Waals surface area contributed by atoms with E-state index in [2.05, 4.69) is 26.7 Å². The summed E-state index contributed by atoms with van der Waals surface area (Å²) in [6.45, 7) is 0. The van der Waals surface area contributed by atoms with Crippen LogP contribution >= 0.6 is 15.9 Å². The number of benzene rings is 1. The molecule has 1 aromatic carbocycles. The first-order valence-corrected chi connectivity index (χ1v) is 4.30. The Labute approximate surface area is 79.9 Å². The number of halogens is 1. The largest absolute Gasteiger partial charge is 0.293 e. The molecule has 0 N–H and O–H groups in total. The summed E-state index contributed by atoms with van der Waals surface area (Å²) >= 11 is 2.94. The van der Waals surface area contributed by atoms with E-state index in [1.807, 2.05) is 18.2 Å². The maximum atomic E-state index is 11.3. The number of carbonyl (C=O) groups excluding carboxylic acids is 1. The first-order chi connectivity index (χ1) is 5.84. The van der Waals surface area contributed by atoms with E-state index in [9.17, 15) is 4.79 Å². The average Bonchev–Trinajstić information content (AvgIpc) is 2.15. The quantitative estimate of drug-likeness (QED) is 0.556. The van der Waals surface area contributed by atoms with Gasteiger partial charge < -0.3 is 0 Å². The molecule has 0 unspecified atom stereocenters. The van der Waals surface area contributed by atoms with Gasteiger partial charge in [0.15, 0.2) is 5.78 Å². The zero-order chi connectivity index (χ0) is 8.81. The summed E-state index contributed by atoms with van der Waals surface area (Å²) in [4.78, 5) is 13.8. The van der Waals surface area contributed by atoms with Gasteiger partial charge in [-0.1, -0.05) is 36.3 Å². The molecule has 2 heteroatoms. The smallest absolute Gasteiger partial charge is 0.174 e. The Morgan fingerprint density at radius 3 is 2.58 bits per heavy atom. The summed E-state index contributed by atoms with van der Waals surface area (Å²) in [6.07, 6.45) is 0.273. The van der Waals surface area contributed by atoms with Crippen LogP contribution in [0.5, 0.6) is 0 Å². The van der Waals surface area contributed by atoms with E-state index in [0.29, 0.717) is 5.56 Å². The van der Waals surface area contributed by atoms with Crippen LogP contribution in [0.4, 0.5) is 0 Å². The number of hydrogen-bond acceptors (Lipinski definition) is 1. The molecule has 1 rings (SSSR count). The minimum absolute atomic E-state index is 0.0579. The molecule has 0 spiro atoms. The highest BCUT2D eigenvalue weighted by molar-refractivity contribution is 9.12. The van der Waals surface area contributed by atoms with Crippen molar-refractivity contribution in [3.05, 3.63) is 35.9 Å². The zero-order valence-corrected chi connectivity index (χ0v) is 7.97. The monoisotopic (exact) mass is 222 g/mol. The lowest BCUT2D eigenvalue weighted by Crippen LogP contribution is -1.95. The lowest BCUT2D eigenvalue weighted by molar-refractivity contribution is 0.0998. The van der Waals surface area contributed by atoms with Crippen molar-refractivity contribution in [2.24, 2.45) is 0 Å². The molecule has 0 amide bonds. The van der Waals surface area contributed by atoms with Crippen molar-refractivity contribution in [1.82, 2.24) is 0 Å². The summed E-state index contributed by atoms with van der Waals surface area (Å²) in [6, 6.07) is 9.15. The van der Waals surface area contributed by atoms with Gasteiger partial charge in [-0.05, 0) is 4.83 Å². The summed E-state index contributed by atoms with van der Waals surface area (Å²) in [5.74, 6) is 2.72. The molecule has 0 fully saturated rings. The molecule has 0 aromatic heterocycles. The van der Waals surface area contributed by atoms with Crippen LogP contribution < -0.4 is 0 Å². The third kappa shape index (κ3) is 2.52. The Hall–Kier alpha value is -1.07. The van der Waals surface area contributed by atoms with Crippen molar-refractivity contribution in [1.29, 1.82) is 0 Å². The normalized spacial score (nSPS) is 8.42. The standard InChI is InChI=1S/C10H7BrO/c11-8-4-7-10(12)9-5-2-1-3-6-9/h1-3,5-6H,7H2. The van der Waals surface area contributed by atoms with Crippen LogP contribution in [-0.2, 0) is 0 Å². The highest BCUT2D eigenvalue weighted by Gasteiger charge is 2.00. The first-order valence-electron chi connectivity index (χ1n) is 3.51. The van der Waals surface area contributed by atoms with Gasteiger partial charge >= 0.3 is 0 Å². The number of hydrogen-bond donors (Lipinski definition) is 0. The molecule has 1 nitrogen and oxygen atoms in total. The van der Waals surface area contributed by atoms with Crippen LogP contribution in [0.15, 0.2) is 30.3 Å². The van der Waals surface area contributed by atoms with E-state index in [0.717, 1.165) is 0 Å². The van der Waals surface area contributed by atoms with Gasteiger partial charge in [-0.25, -0.2) is 0 Å². The summed E-state index contributed by atoms with van der Waals surface area (Å²) < 4.78 is 0. The SMILES string of the molecule is O=C(CC#CBr)c1ccccc1. The Kier molecular flexibility index (Phi) is 3.56. The maximum Gasteiger partial charge on any atom is 0.174 e. The van der Waals surface area contributed by atoms with Crippen molar-refractivity contribution in [2.75, 3.05) is 0 Å². The van der Waals surface area contributed by atoms with Crippen LogP contribution in [0.1, 0.15) is 16.8 Å². The Morgan fingerprint density at radius 2 is 2.00 bits per heavy atom. The molecule has 0 heterocycles. The van der Waals surface area contributed by atoms with Gasteiger partial charge in [-0.3, -0.25) is 4.79 Å². The van der Waals surface area contributed by atoms with Gasteiger partial charge in [0.25, 0.3) is 0 Å². The van der Waals surface area contributed by atoms with E-state index in [4.69, 9.17) is 0 Å². The second-order valence-electron chi connectivity index (χ2n) is 2.24. The van der Waals surface area contributed by atoms with Crippen LogP contribution in [-0.4, -0.2) is 5.78 Å². The van der Waals surface area contributed by atoms with Crippen LogP contribution in [0.25, 0.3) is 0 Å². The number of rotatable bonds is 2. The van der Waals surface area contributed by atoms with Crippen LogP contribution in [0, 0.1) is 10.8 Å². The Balaban J connectivity index is 2.70. The fraction of sp³-hybridized carbons (Fsp3) is 0.100. The van der Waals surface area contributed by atoms with Gasteiger partial charge in [-0.2, -0.15) is 0 Å². The van der Waals surface area contributed by atoms with Crippen molar-refractivity contribution < 1.29 is 4.79 Å². The molecule has 0 radical (unpaired) electrons. The van der Waals surface area contributed by atoms with E-state index < -0.39 is 0 Å². The minimum Gasteiger partial charge on any atom is -0.293 e. The maximum absolute atomic E-state index is 11.3. The minimum atomic E-state index is 0.0579. The fourth-order valence-electron chi connectivity index (χ4n) is 0.840. The van der Waals surface area contributed by atoms with Crippen molar-refractivity contribution >= 4 is 21.7 Å². The summed E-state index contributed by atoms with van der Waals surface area (Å²) in [7, 11) is 0. The third-order valence-corrected chi connectivity index (χ3v) is 1.69. The topological polar surface area (TPSA) is 17.1 Å². The van der Waals surface area contributed by atoms with Crippen molar-refractivity contribution in [3.63, 3.8) is 0 Å². The van der Waals surface area contributed by atoms with Gasteiger partial charge in [0, 0.05) is 21.5 Å². The zero-order valence-electron chi connectivity index (χ0n) is 6.38. The predicted molar refractivity (Wildman–Crippen MR) is 52.1 cm³/mol. The van der Waals surface area contributed by atoms with Crippen molar-refractivity contribution in [2.45, 2.75) is 6.42 Å². The number of carbonyl (C=O) groups is 1. The van der Waals surface area contributed by atoms with E-state index in [-0.39, 0.29) is 12.2 Å². The van der Waals surface area contributed by atoms with Gasteiger partial charge in [0.05, 0.1) is 6.42 Å². The van der Waals surface area contributed by atoms with E-state index in [1.54, 1.807) is 12.1 Å². The Morgan fingerprint density at radius 1 is 1.33 bits per heavy atom. The van der Waals surface area contributed by atoms with Gasteiger partial charge in [0.2, 0.25) is 0 Å². The molecule has 60 valence electrons. The molecule has 1 aromatic rings. The molecular formula is C10H7BrO. The first kappa shape index (κ1) is 9.02. The third-order valence-electron chi connectivity index (χ3n) is 1.41. The van der Waals surface area contributed by atoms with Crippen LogP contribution in [0.3, 0.4) is 0 Å². The lowest BCUT2D eigenvalue weighted by Gasteiger charge is -1.93. The molecule has 0 aliphatic carbocycles. The van der Waals surface area contributed by atoms with Gasteiger partial charge in [0.1, 0.15) is 0 Å². The molecule has 0 saturated carbocycles. The lowest BCUT2D eigenvalue weighted by atomic mass is 10.1. The fourth-order valence-corrected chi connectivity index (χ4v) is 0.980. The number of Topliss-reactive ketones (excluding diaryl/α,β-unsaturated/α-hetero) is 1. The van der Waals surface area contributed by atoms with E-state index >= 15 is 0 Å². The molecule has 0 aliphatic rings. The Bertz CT molecular complexity index is 319. The molecule has 12 heavy (non-hydrogen) atoms. The van der Waals surface area contributed by atoms with Gasteiger partial charge in [-0.15, -0.1) is 0 Å². The predicted octanol–water partition coefficient (Wildman–Crippen LogP) is 2.62. The van der Waals surface area contributed by atoms with Crippen LogP contribution in [0.2, 0.25) is 0 Å². The molecule has 0 atom stereocenters. The highest BCUT2D eigenvalue weighted by atomic mass is 79.9. The second-order valence-corrected chi connectivity index (χ2v) is 2.63.